The number of anilines is 1. The molecule has 1 saturated heterocycles. The Morgan fingerprint density at radius 3 is 2.93 bits per heavy atom. The van der Waals surface area contributed by atoms with E-state index in [2.05, 4.69) is 26.8 Å². The second kappa shape index (κ2) is 7.52. The Hall–Kier alpha value is -2.45. The van der Waals surface area contributed by atoms with E-state index >= 15 is 0 Å². The van der Waals surface area contributed by atoms with E-state index < -0.39 is 10.0 Å². The van der Waals surface area contributed by atoms with Gasteiger partial charge in [-0.1, -0.05) is 13.0 Å². The van der Waals surface area contributed by atoms with Crippen molar-refractivity contribution in [3.63, 3.8) is 0 Å². The lowest BCUT2D eigenvalue weighted by Gasteiger charge is -2.42. The number of aromatic amines is 1. The van der Waals surface area contributed by atoms with Crippen LogP contribution in [0.15, 0.2) is 49.1 Å². The number of nitrogens with zero attached hydrogens (tertiary/aromatic N) is 4. The fourth-order valence-corrected chi connectivity index (χ4v) is 5.53. The molecule has 4 rings (SSSR count). The minimum absolute atomic E-state index is 0.0109. The van der Waals surface area contributed by atoms with Gasteiger partial charge in [0.05, 0.1) is 5.75 Å². The molecular weight excluding hydrogens is 374 g/mol. The molecule has 1 N–H and O–H groups in total. The van der Waals surface area contributed by atoms with E-state index in [1.165, 1.54) is 0 Å². The number of H-pyrrole nitrogens is 1. The summed E-state index contributed by atoms with van der Waals surface area (Å²) in [5.41, 5.74) is 2.62. The first-order valence-corrected chi connectivity index (χ1v) is 11.1. The molecule has 3 aromatic rings. The highest BCUT2D eigenvalue weighted by Gasteiger charge is 2.35. The molecule has 0 aliphatic carbocycles. The van der Waals surface area contributed by atoms with Crippen molar-refractivity contribution < 1.29 is 8.42 Å². The van der Waals surface area contributed by atoms with E-state index in [1.807, 2.05) is 25.4 Å². The van der Waals surface area contributed by atoms with Crippen LogP contribution in [0.3, 0.4) is 0 Å². The third-order valence-corrected chi connectivity index (χ3v) is 7.48. The quantitative estimate of drug-likeness (QED) is 0.713. The first kappa shape index (κ1) is 18.9. The maximum Gasteiger partial charge on any atom is 0.218 e. The number of piperidine rings is 1. The number of nitrogens with one attached hydrogen (secondary N) is 1. The summed E-state index contributed by atoms with van der Waals surface area (Å²) in [5, 5.41) is 1.05. The van der Waals surface area contributed by atoms with Crippen molar-refractivity contribution in [1.29, 1.82) is 0 Å². The lowest BCUT2D eigenvalue weighted by Crippen LogP contribution is -2.52. The fraction of sp³-hybridized carbons (Fsp3) is 0.400. The first-order chi connectivity index (χ1) is 13.5. The number of pyridine rings is 2. The molecule has 0 aromatic carbocycles. The predicted molar refractivity (Wildman–Crippen MR) is 110 cm³/mol. The van der Waals surface area contributed by atoms with Gasteiger partial charge in [0, 0.05) is 62.0 Å². The summed E-state index contributed by atoms with van der Waals surface area (Å²) in [6.07, 6.45) is 7.77. The van der Waals surface area contributed by atoms with Gasteiger partial charge in [-0.2, -0.15) is 4.31 Å². The molecule has 2 atom stereocenters. The molecule has 0 amide bonds. The third-order valence-electron chi connectivity index (χ3n) is 5.66. The molecule has 3 aromatic heterocycles. The number of fused-ring (bicyclic) bond motifs is 1. The van der Waals surface area contributed by atoms with Crippen LogP contribution in [0, 0.1) is 5.92 Å². The van der Waals surface area contributed by atoms with Crippen molar-refractivity contribution in [2.75, 3.05) is 25.0 Å². The zero-order chi connectivity index (χ0) is 19.7. The van der Waals surface area contributed by atoms with Gasteiger partial charge in [-0.25, -0.2) is 13.4 Å². The van der Waals surface area contributed by atoms with Crippen LogP contribution in [0.5, 0.6) is 0 Å². The van der Waals surface area contributed by atoms with Crippen LogP contribution in [-0.2, 0) is 15.8 Å². The molecule has 7 nitrogen and oxygen atoms in total. The molecule has 0 spiro atoms. The summed E-state index contributed by atoms with van der Waals surface area (Å²) in [6, 6.07) is 7.67. The molecule has 28 heavy (non-hydrogen) atoms. The van der Waals surface area contributed by atoms with Gasteiger partial charge in [-0.3, -0.25) is 4.98 Å². The Labute approximate surface area is 165 Å². The van der Waals surface area contributed by atoms with Crippen LogP contribution >= 0.6 is 0 Å². The van der Waals surface area contributed by atoms with Gasteiger partial charge in [-0.05, 0) is 36.1 Å². The molecule has 0 bridgehead atoms. The highest BCUT2D eigenvalue weighted by molar-refractivity contribution is 7.88. The highest BCUT2D eigenvalue weighted by Crippen LogP contribution is 2.31. The number of hydrogen-bond acceptors (Lipinski definition) is 5. The monoisotopic (exact) mass is 399 g/mol. The van der Waals surface area contributed by atoms with Crippen LogP contribution in [0.25, 0.3) is 11.0 Å². The molecule has 4 heterocycles. The molecule has 1 aliphatic rings. The number of sulfonamides is 1. The second-order valence-corrected chi connectivity index (χ2v) is 9.46. The lowest BCUT2D eigenvalue weighted by atomic mass is 9.93. The van der Waals surface area contributed by atoms with Crippen LogP contribution in [-0.4, -0.2) is 53.9 Å². The standard InChI is InChI=1S/C20H25N5O2S/c1-15-7-11-25(28(26,27)14-16-4-3-8-21-12-16)13-19(15)24(2)18-6-10-23-20-17(18)5-9-22-20/h3-6,8-10,12,15,19H,7,11,13-14H2,1-2H3,(H,22,23)/t15-,19?/m1/s1. The molecule has 1 fully saturated rings. The maximum absolute atomic E-state index is 13.0. The maximum atomic E-state index is 13.0. The van der Waals surface area contributed by atoms with E-state index in [4.69, 9.17) is 0 Å². The minimum Gasteiger partial charge on any atom is -0.369 e. The molecule has 148 valence electrons. The van der Waals surface area contributed by atoms with Gasteiger partial charge in [0.15, 0.2) is 0 Å². The van der Waals surface area contributed by atoms with Gasteiger partial charge < -0.3 is 9.88 Å². The van der Waals surface area contributed by atoms with Crippen molar-refractivity contribution in [1.82, 2.24) is 19.3 Å². The Balaban J connectivity index is 1.57. The average molecular weight is 400 g/mol. The summed E-state index contributed by atoms with van der Waals surface area (Å²) in [6.45, 7) is 3.24. The van der Waals surface area contributed by atoms with Crippen LogP contribution < -0.4 is 4.90 Å². The van der Waals surface area contributed by atoms with E-state index in [9.17, 15) is 8.42 Å². The number of hydrogen-bond donors (Lipinski definition) is 1. The number of likely N-dealkylation sites (N-methyl/N-ethyl adjacent to an activating group) is 1. The summed E-state index contributed by atoms with van der Waals surface area (Å²) < 4.78 is 27.6. The second-order valence-electron chi connectivity index (χ2n) is 7.49. The molecule has 0 radical (unpaired) electrons. The minimum atomic E-state index is -3.39. The van der Waals surface area contributed by atoms with Gasteiger partial charge in [-0.15, -0.1) is 0 Å². The Morgan fingerprint density at radius 2 is 2.14 bits per heavy atom. The van der Waals surface area contributed by atoms with Crippen molar-refractivity contribution in [3.05, 3.63) is 54.6 Å². The van der Waals surface area contributed by atoms with Gasteiger partial charge in [0.25, 0.3) is 0 Å². The summed E-state index contributed by atoms with van der Waals surface area (Å²) in [7, 11) is -1.35. The van der Waals surface area contributed by atoms with E-state index in [-0.39, 0.29) is 11.8 Å². The average Bonchev–Trinajstić information content (AvgIpc) is 3.17. The molecular formula is C20H25N5O2S. The van der Waals surface area contributed by atoms with Crippen molar-refractivity contribution in [2.45, 2.75) is 25.1 Å². The highest BCUT2D eigenvalue weighted by atomic mass is 32.2. The largest absolute Gasteiger partial charge is 0.369 e. The normalized spacial score (nSPS) is 21.1. The molecule has 1 aliphatic heterocycles. The van der Waals surface area contributed by atoms with Gasteiger partial charge in [0.1, 0.15) is 5.65 Å². The van der Waals surface area contributed by atoms with Crippen LogP contribution in [0.2, 0.25) is 0 Å². The topological polar surface area (TPSA) is 82.2 Å². The number of aromatic nitrogens is 3. The fourth-order valence-electron chi connectivity index (χ4n) is 3.99. The van der Waals surface area contributed by atoms with Crippen LogP contribution in [0.1, 0.15) is 18.9 Å². The molecule has 1 unspecified atom stereocenters. The van der Waals surface area contributed by atoms with Crippen LogP contribution in [0.4, 0.5) is 5.69 Å². The lowest BCUT2D eigenvalue weighted by molar-refractivity contribution is 0.247. The summed E-state index contributed by atoms with van der Waals surface area (Å²) >= 11 is 0. The van der Waals surface area contributed by atoms with Gasteiger partial charge in [0.2, 0.25) is 10.0 Å². The molecule has 0 saturated carbocycles. The summed E-state index contributed by atoms with van der Waals surface area (Å²) in [5.74, 6) is 0.375. The zero-order valence-electron chi connectivity index (χ0n) is 16.1. The third kappa shape index (κ3) is 3.62. The van der Waals surface area contributed by atoms with Crippen molar-refractivity contribution in [3.8, 4) is 0 Å². The predicted octanol–water partition coefficient (Wildman–Crippen LogP) is 2.63. The number of rotatable bonds is 5. The first-order valence-electron chi connectivity index (χ1n) is 9.47. The van der Waals surface area contributed by atoms with Crippen molar-refractivity contribution >= 4 is 26.7 Å². The van der Waals surface area contributed by atoms with E-state index in [0.29, 0.717) is 24.6 Å². The van der Waals surface area contributed by atoms with E-state index in [1.54, 1.807) is 35.0 Å². The smallest absolute Gasteiger partial charge is 0.218 e. The SMILES string of the molecule is C[C@@H]1CCN(S(=O)(=O)Cc2cccnc2)CC1N(C)c1ccnc2[nH]ccc12. The van der Waals surface area contributed by atoms with Crippen molar-refractivity contribution in [2.24, 2.45) is 5.92 Å². The summed E-state index contributed by atoms with van der Waals surface area (Å²) in [4.78, 5) is 13.7. The van der Waals surface area contributed by atoms with E-state index in [0.717, 1.165) is 23.1 Å². The Morgan fingerprint density at radius 1 is 1.29 bits per heavy atom. The zero-order valence-corrected chi connectivity index (χ0v) is 16.9. The Bertz CT molecular complexity index is 1050. The Kier molecular flexibility index (Phi) is 5.07. The van der Waals surface area contributed by atoms with Gasteiger partial charge >= 0.3 is 0 Å². The molecule has 8 heteroatoms.